The molecule has 2 N–H and O–H groups in total. The van der Waals surface area contributed by atoms with Crippen LogP contribution in [0.5, 0.6) is 0 Å². The number of hydrogen-bond acceptors (Lipinski definition) is 2. The monoisotopic (exact) mass is 300 g/mol. The van der Waals surface area contributed by atoms with Gasteiger partial charge in [0.05, 0.1) is 4.47 Å². The van der Waals surface area contributed by atoms with Crippen LogP contribution in [0.3, 0.4) is 0 Å². The average molecular weight is 301 g/mol. The van der Waals surface area contributed by atoms with Crippen LogP contribution in [0.2, 0.25) is 0 Å². The molecule has 0 bridgehead atoms. The second-order valence-electron chi connectivity index (χ2n) is 4.27. The minimum Gasteiger partial charge on any atom is -0.383 e. The van der Waals surface area contributed by atoms with Crippen LogP contribution < -0.4 is 10.6 Å². The highest BCUT2D eigenvalue weighted by molar-refractivity contribution is 9.10. The Morgan fingerprint density at radius 1 is 1.59 bits per heavy atom. The van der Waals surface area contributed by atoms with Gasteiger partial charge in [0.1, 0.15) is 5.82 Å². The summed E-state index contributed by atoms with van der Waals surface area (Å²) >= 11 is 3.16. The van der Waals surface area contributed by atoms with Crippen molar-refractivity contribution in [2.45, 2.75) is 25.8 Å². The molecule has 0 aromatic heterocycles. The molecule has 1 saturated heterocycles. The molecule has 0 aliphatic carbocycles. The van der Waals surface area contributed by atoms with Crippen LogP contribution >= 0.6 is 15.9 Å². The molecule has 1 fully saturated rings. The highest BCUT2D eigenvalue weighted by Crippen LogP contribution is 2.24. The first kappa shape index (κ1) is 12.4. The molecular weight excluding hydrogens is 287 g/mol. The van der Waals surface area contributed by atoms with Gasteiger partial charge < -0.3 is 10.6 Å². The molecule has 0 spiro atoms. The second kappa shape index (κ2) is 5.04. The van der Waals surface area contributed by atoms with Gasteiger partial charge in [-0.1, -0.05) is 0 Å². The van der Waals surface area contributed by atoms with Crippen LogP contribution in [-0.2, 0) is 4.79 Å². The fraction of sp³-hybridized carbons (Fsp3) is 0.417. The number of aryl methyl sites for hydroxylation is 1. The number of carbonyl (C=O) groups excluding carboxylic acids is 1. The van der Waals surface area contributed by atoms with E-state index in [0.717, 1.165) is 17.7 Å². The number of rotatable bonds is 3. The molecule has 17 heavy (non-hydrogen) atoms. The van der Waals surface area contributed by atoms with E-state index in [2.05, 4.69) is 26.6 Å². The maximum absolute atomic E-state index is 13.2. The van der Waals surface area contributed by atoms with Crippen molar-refractivity contribution in [1.82, 2.24) is 5.32 Å². The van der Waals surface area contributed by atoms with E-state index in [4.69, 9.17) is 0 Å². The summed E-state index contributed by atoms with van der Waals surface area (Å²) in [6, 6.07) is 3.38. The molecule has 0 saturated carbocycles. The number of amides is 1. The Labute approximate surface area is 108 Å². The summed E-state index contributed by atoms with van der Waals surface area (Å²) in [6.07, 6.45) is 1.45. The van der Waals surface area contributed by atoms with E-state index < -0.39 is 0 Å². The van der Waals surface area contributed by atoms with Crippen LogP contribution in [0.15, 0.2) is 16.6 Å². The topological polar surface area (TPSA) is 41.1 Å². The molecule has 1 aromatic rings. The lowest BCUT2D eigenvalue weighted by Gasteiger charge is -2.14. The number of halogens is 2. The molecule has 2 rings (SSSR count). The third-order valence-electron chi connectivity index (χ3n) is 2.89. The number of carbonyl (C=O) groups is 1. The highest BCUT2D eigenvalue weighted by Gasteiger charge is 2.20. The van der Waals surface area contributed by atoms with Gasteiger partial charge in [-0.2, -0.15) is 0 Å². The van der Waals surface area contributed by atoms with E-state index in [-0.39, 0.29) is 17.8 Å². The van der Waals surface area contributed by atoms with E-state index in [1.54, 1.807) is 6.07 Å². The fourth-order valence-corrected chi connectivity index (χ4v) is 2.24. The Morgan fingerprint density at radius 2 is 2.35 bits per heavy atom. The third kappa shape index (κ3) is 2.97. The Balaban J connectivity index is 1.99. The molecule has 92 valence electrons. The molecule has 3 nitrogen and oxygen atoms in total. The Morgan fingerprint density at radius 3 is 3.00 bits per heavy atom. The smallest absolute Gasteiger partial charge is 0.220 e. The quantitative estimate of drug-likeness (QED) is 0.901. The van der Waals surface area contributed by atoms with Crippen molar-refractivity contribution in [2.24, 2.45) is 0 Å². The van der Waals surface area contributed by atoms with Crippen LogP contribution in [-0.4, -0.2) is 18.5 Å². The lowest BCUT2D eigenvalue weighted by Crippen LogP contribution is -2.31. The second-order valence-corrected chi connectivity index (χ2v) is 5.12. The zero-order valence-corrected chi connectivity index (χ0v) is 11.1. The normalized spacial score (nSPS) is 19.2. The van der Waals surface area contributed by atoms with Crippen molar-refractivity contribution < 1.29 is 9.18 Å². The molecule has 1 unspecified atom stereocenters. The maximum Gasteiger partial charge on any atom is 0.220 e. The number of hydrogen-bond donors (Lipinski definition) is 2. The number of nitrogens with one attached hydrogen (secondary N) is 2. The summed E-state index contributed by atoms with van der Waals surface area (Å²) in [5.41, 5.74) is 1.74. The maximum atomic E-state index is 13.2. The molecule has 1 aliphatic heterocycles. The molecule has 1 amide bonds. The van der Waals surface area contributed by atoms with Crippen LogP contribution in [0.25, 0.3) is 0 Å². The SMILES string of the molecule is Cc1cc(F)c(Br)cc1NCC1CCC(=O)N1. The van der Waals surface area contributed by atoms with Gasteiger partial charge >= 0.3 is 0 Å². The lowest BCUT2D eigenvalue weighted by atomic mass is 10.1. The van der Waals surface area contributed by atoms with Crippen LogP contribution in [0.4, 0.5) is 10.1 Å². The van der Waals surface area contributed by atoms with Gasteiger partial charge in [0.15, 0.2) is 0 Å². The van der Waals surface area contributed by atoms with Crippen molar-refractivity contribution >= 4 is 27.5 Å². The first-order valence-corrected chi connectivity index (χ1v) is 6.34. The van der Waals surface area contributed by atoms with Crippen LogP contribution in [0, 0.1) is 12.7 Å². The van der Waals surface area contributed by atoms with Crippen molar-refractivity contribution in [2.75, 3.05) is 11.9 Å². The summed E-state index contributed by atoms with van der Waals surface area (Å²) in [6.45, 7) is 2.52. The van der Waals surface area contributed by atoms with Gasteiger partial charge in [-0.15, -0.1) is 0 Å². The standard InChI is InChI=1S/C12H14BrFN2O/c1-7-4-10(14)9(13)5-11(7)15-6-8-2-3-12(17)16-8/h4-5,8,15H,2-3,6H2,1H3,(H,16,17). The summed E-state index contributed by atoms with van der Waals surface area (Å²) in [5.74, 6) is -0.156. The third-order valence-corrected chi connectivity index (χ3v) is 3.50. The van der Waals surface area contributed by atoms with E-state index in [0.29, 0.717) is 17.4 Å². The molecule has 5 heteroatoms. The van der Waals surface area contributed by atoms with Crippen molar-refractivity contribution in [3.63, 3.8) is 0 Å². The fourth-order valence-electron chi connectivity index (χ4n) is 1.90. The van der Waals surface area contributed by atoms with Gasteiger partial charge in [-0.3, -0.25) is 4.79 Å². The summed E-state index contributed by atoms with van der Waals surface area (Å²) < 4.78 is 13.7. The Kier molecular flexibility index (Phi) is 3.66. The van der Waals surface area contributed by atoms with Crippen LogP contribution in [0.1, 0.15) is 18.4 Å². The van der Waals surface area contributed by atoms with Crippen molar-refractivity contribution in [1.29, 1.82) is 0 Å². The molecule has 1 aromatic carbocycles. The summed E-state index contributed by atoms with van der Waals surface area (Å²) in [5, 5.41) is 6.11. The summed E-state index contributed by atoms with van der Waals surface area (Å²) in [4.78, 5) is 11.0. The summed E-state index contributed by atoms with van der Waals surface area (Å²) in [7, 11) is 0. The minimum atomic E-state index is -0.262. The molecular formula is C12H14BrFN2O. The van der Waals surface area contributed by atoms with Gasteiger partial charge in [-0.05, 0) is 47.0 Å². The Bertz CT molecular complexity index is 450. The minimum absolute atomic E-state index is 0.105. The zero-order valence-electron chi connectivity index (χ0n) is 9.52. The van der Waals surface area contributed by atoms with E-state index in [9.17, 15) is 9.18 Å². The van der Waals surface area contributed by atoms with E-state index in [1.807, 2.05) is 6.92 Å². The molecule has 1 heterocycles. The first-order valence-electron chi connectivity index (χ1n) is 5.55. The molecule has 0 radical (unpaired) electrons. The number of anilines is 1. The molecule has 1 atom stereocenters. The van der Waals surface area contributed by atoms with Gasteiger partial charge in [0, 0.05) is 24.7 Å². The lowest BCUT2D eigenvalue weighted by molar-refractivity contribution is -0.119. The zero-order chi connectivity index (χ0) is 12.4. The van der Waals surface area contributed by atoms with Gasteiger partial charge in [0.25, 0.3) is 0 Å². The van der Waals surface area contributed by atoms with Gasteiger partial charge in [0.2, 0.25) is 5.91 Å². The largest absolute Gasteiger partial charge is 0.383 e. The van der Waals surface area contributed by atoms with Crippen molar-refractivity contribution in [3.8, 4) is 0 Å². The van der Waals surface area contributed by atoms with Crippen molar-refractivity contribution in [3.05, 3.63) is 28.0 Å². The van der Waals surface area contributed by atoms with E-state index in [1.165, 1.54) is 6.07 Å². The van der Waals surface area contributed by atoms with Gasteiger partial charge in [-0.25, -0.2) is 4.39 Å². The highest BCUT2D eigenvalue weighted by atomic mass is 79.9. The van der Waals surface area contributed by atoms with E-state index >= 15 is 0 Å². The predicted molar refractivity (Wildman–Crippen MR) is 68.5 cm³/mol. The molecule has 1 aliphatic rings. The number of benzene rings is 1. The average Bonchev–Trinajstić information content (AvgIpc) is 2.68. The predicted octanol–water partition coefficient (Wildman–Crippen LogP) is 2.59. The first-order chi connectivity index (χ1) is 8.06. The Hall–Kier alpha value is -1.10.